The largest absolute Gasteiger partial charge is 0.470 e. The number of aromatic nitrogens is 5. The van der Waals surface area contributed by atoms with Crippen molar-refractivity contribution in [2.45, 2.75) is 72.6 Å². The fourth-order valence-corrected chi connectivity index (χ4v) is 3.51. The smallest absolute Gasteiger partial charge is 0.306 e. The van der Waals surface area contributed by atoms with Crippen molar-refractivity contribution in [2.24, 2.45) is 7.05 Å². The minimum absolute atomic E-state index is 0. The van der Waals surface area contributed by atoms with Crippen molar-refractivity contribution in [3.63, 3.8) is 0 Å². The van der Waals surface area contributed by atoms with E-state index in [1.807, 2.05) is 42.5 Å². The molecule has 8 heteroatoms. The zero-order valence-electron chi connectivity index (χ0n) is 17.8. The van der Waals surface area contributed by atoms with Crippen molar-refractivity contribution < 1.29 is 14.3 Å². The van der Waals surface area contributed by atoms with Gasteiger partial charge in [-0.2, -0.15) is 10.2 Å². The van der Waals surface area contributed by atoms with Crippen LogP contribution in [0.15, 0.2) is 18.5 Å². The first kappa shape index (κ1) is 21.8. The number of cyclic esters (lactones) is 1. The highest BCUT2D eigenvalue weighted by atomic mass is 16.6. The van der Waals surface area contributed by atoms with E-state index in [0.29, 0.717) is 18.7 Å². The van der Waals surface area contributed by atoms with E-state index in [-0.39, 0.29) is 31.1 Å². The maximum absolute atomic E-state index is 11.5. The summed E-state index contributed by atoms with van der Waals surface area (Å²) in [5.41, 5.74) is 3.30. The highest BCUT2D eigenvalue weighted by Crippen LogP contribution is 2.33. The fraction of sp³-hybridized carbons (Fsp3) is 0.545. The molecule has 162 valence electrons. The summed E-state index contributed by atoms with van der Waals surface area (Å²) in [4.78, 5) is 16.3. The van der Waals surface area contributed by atoms with Crippen LogP contribution < -0.4 is 4.74 Å². The van der Waals surface area contributed by atoms with Gasteiger partial charge >= 0.3 is 5.97 Å². The van der Waals surface area contributed by atoms with Gasteiger partial charge in [0.05, 0.1) is 22.8 Å². The van der Waals surface area contributed by atoms with Gasteiger partial charge in [-0.1, -0.05) is 7.43 Å². The van der Waals surface area contributed by atoms with Gasteiger partial charge in [-0.05, 0) is 47.1 Å². The SMILES string of the molecule is C.Cc1c2c(O[C@H](C)[C@H]3CCC(=O)O3)nc(-c3cnn(C(C)(C)C)c3)cc2nn1C. The number of fused-ring (bicyclic) bond motifs is 1. The minimum atomic E-state index is -0.302. The lowest BCUT2D eigenvalue weighted by Gasteiger charge is -2.20. The molecule has 0 aliphatic carbocycles. The molecular weight excluding hydrogens is 382 g/mol. The Morgan fingerprint density at radius 2 is 2.07 bits per heavy atom. The second-order valence-electron chi connectivity index (χ2n) is 8.65. The van der Waals surface area contributed by atoms with Crippen LogP contribution in [0, 0.1) is 6.92 Å². The number of nitrogens with zero attached hydrogens (tertiary/aromatic N) is 5. The van der Waals surface area contributed by atoms with E-state index in [1.165, 1.54) is 0 Å². The molecule has 0 spiro atoms. The molecule has 0 N–H and O–H groups in total. The molecule has 0 saturated carbocycles. The molecule has 1 fully saturated rings. The fourth-order valence-electron chi connectivity index (χ4n) is 3.51. The van der Waals surface area contributed by atoms with Crippen molar-refractivity contribution in [3.8, 4) is 17.1 Å². The van der Waals surface area contributed by atoms with Crippen molar-refractivity contribution in [2.75, 3.05) is 0 Å². The number of carbonyl (C=O) groups is 1. The second-order valence-corrected chi connectivity index (χ2v) is 8.65. The molecule has 0 radical (unpaired) electrons. The maximum atomic E-state index is 11.5. The Morgan fingerprint density at radius 1 is 1.33 bits per heavy atom. The highest BCUT2D eigenvalue weighted by Gasteiger charge is 2.31. The third-order valence-corrected chi connectivity index (χ3v) is 5.37. The van der Waals surface area contributed by atoms with E-state index in [1.54, 1.807) is 6.20 Å². The third-order valence-electron chi connectivity index (χ3n) is 5.37. The summed E-state index contributed by atoms with van der Waals surface area (Å²) in [6, 6.07) is 1.96. The summed E-state index contributed by atoms with van der Waals surface area (Å²) < 4.78 is 15.3. The van der Waals surface area contributed by atoms with E-state index in [2.05, 4.69) is 31.0 Å². The number of pyridine rings is 1. The van der Waals surface area contributed by atoms with Crippen LogP contribution in [0.4, 0.5) is 0 Å². The average molecular weight is 414 g/mol. The van der Waals surface area contributed by atoms with Gasteiger partial charge < -0.3 is 9.47 Å². The highest BCUT2D eigenvalue weighted by molar-refractivity contribution is 5.89. The quantitative estimate of drug-likeness (QED) is 0.601. The van der Waals surface area contributed by atoms with Gasteiger partial charge in [0.2, 0.25) is 5.88 Å². The molecule has 4 heterocycles. The van der Waals surface area contributed by atoms with Crippen LogP contribution in [0.3, 0.4) is 0 Å². The Labute approximate surface area is 177 Å². The van der Waals surface area contributed by atoms with E-state index in [9.17, 15) is 4.79 Å². The molecule has 3 aromatic heterocycles. The summed E-state index contributed by atoms with van der Waals surface area (Å²) in [5.74, 6) is 0.325. The number of aryl methyl sites for hydroxylation is 2. The van der Waals surface area contributed by atoms with Crippen molar-refractivity contribution in [1.29, 1.82) is 0 Å². The Kier molecular flexibility index (Phi) is 5.62. The van der Waals surface area contributed by atoms with Gasteiger partial charge in [0, 0.05) is 30.9 Å². The molecule has 4 rings (SSSR count). The van der Waals surface area contributed by atoms with Crippen LogP contribution in [-0.2, 0) is 22.1 Å². The Bertz CT molecular complexity index is 1080. The summed E-state index contributed by atoms with van der Waals surface area (Å²) in [6.45, 7) is 10.2. The van der Waals surface area contributed by atoms with E-state index >= 15 is 0 Å². The number of carbonyl (C=O) groups excluding carboxylic acids is 1. The second kappa shape index (κ2) is 7.74. The van der Waals surface area contributed by atoms with Gasteiger partial charge in [0.1, 0.15) is 17.7 Å². The Balaban J connectivity index is 0.00000256. The summed E-state index contributed by atoms with van der Waals surface area (Å²) >= 11 is 0. The average Bonchev–Trinajstić information content (AvgIpc) is 3.34. The van der Waals surface area contributed by atoms with E-state index in [4.69, 9.17) is 14.5 Å². The van der Waals surface area contributed by atoms with Gasteiger partial charge in [0.25, 0.3) is 0 Å². The van der Waals surface area contributed by atoms with Gasteiger partial charge in [-0.25, -0.2) is 4.98 Å². The molecule has 8 nitrogen and oxygen atoms in total. The topological polar surface area (TPSA) is 84.1 Å². The summed E-state index contributed by atoms with van der Waals surface area (Å²) in [5, 5.41) is 9.97. The first-order valence-electron chi connectivity index (χ1n) is 9.89. The van der Waals surface area contributed by atoms with Crippen molar-refractivity contribution in [3.05, 3.63) is 24.2 Å². The Hall–Kier alpha value is -2.90. The molecule has 3 aromatic rings. The molecular formula is C22H31N5O3. The van der Waals surface area contributed by atoms with Gasteiger partial charge in [-0.15, -0.1) is 0 Å². The predicted molar refractivity (Wildman–Crippen MR) is 115 cm³/mol. The Morgan fingerprint density at radius 3 is 2.67 bits per heavy atom. The first-order chi connectivity index (χ1) is 13.6. The number of hydrogen-bond acceptors (Lipinski definition) is 6. The lowest BCUT2D eigenvalue weighted by molar-refractivity contribution is -0.144. The van der Waals surface area contributed by atoms with E-state index in [0.717, 1.165) is 27.9 Å². The molecule has 0 aromatic carbocycles. The molecule has 1 aliphatic heterocycles. The monoisotopic (exact) mass is 413 g/mol. The van der Waals surface area contributed by atoms with Gasteiger partial charge in [0.15, 0.2) is 0 Å². The first-order valence-corrected chi connectivity index (χ1v) is 9.89. The molecule has 30 heavy (non-hydrogen) atoms. The molecule has 1 aliphatic rings. The van der Waals surface area contributed by atoms with Crippen LogP contribution >= 0.6 is 0 Å². The van der Waals surface area contributed by atoms with Crippen LogP contribution in [0.5, 0.6) is 5.88 Å². The zero-order chi connectivity index (χ0) is 20.9. The van der Waals surface area contributed by atoms with Crippen LogP contribution in [-0.4, -0.2) is 42.7 Å². The number of ether oxygens (including phenoxy) is 2. The van der Waals surface area contributed by atoms with Crippen molar-refractivity contribution in [1.82, 2.24) is 24.5 Å². The van der Waals surface area contributed by atoms with Crippen LogP contribution in [0.25, 0.3) is 22.2 Å². The third kappa shape index (κ3) is 3.91. The molecule has 2 atom stereocenters. The van der Waals surface area contributed by atoms with E-state index < -0.39 is 0 Å². The summed E-state index contributed by atoms with van der Waals surface area (Å²) in [6.07, 6.45) is 4.32. The molecule has 0 amide bonds. The van der Waals surface area contributed by atoms with Crippen LogP contribution in [0.2, 0.25) is 0 Å². The molecule has 1 saturated heterocycles. The number of hydrogen-bond donors (Lipinski definition) is 0. The summed E-state index contributed by atoms with van der Waals surface area (Å²) in [7, 11) is 1.90. The minimum Gasteiger partial charge on any atom is -0.470 e. The maximum Gasteiger partial charge on any atom is 0.306 e. The standard InChI is InChI=1S/C21H27N5O3.CH4/c1-12-19-16(24-25(12)6)9-15(14-10-22-26(11-14)21(3,4)5)23-20(19)28-13(2)17-7-8-18(27)29-17;/h9-11,13,17H,7-8H2,1-6H3;1H4/t13-,17-;/m1./s1. The number of rotatable bonds is 4. The van der Waals surface area contributed by atoms with Crippen LogP contribution in [0.1, 0.15) is 53.7 Å². The van der Waals surface area contributed by atoms with Crippen molar-refractivity contribution >= 4 is 16.9 Å². The number of esters is 1. The normalized spacial score (nSPS) is 17.7. The predicted octanol–water partition coefficient (Wildman–Crippen LogP) is 4.00. The molecule has 0 bridgehead atoms. The lowest BCUT2D eigenvalue weighted by Crippen LogP contribution is -2.29. The lowest BCUT2D eigenvalue weighted by atomic mass is 10.1. The molecule has 0 unspecified atom stereocenters. The van der Waals surface area contributed by atoms with Gasteiger partial charge in [-0.3, -0.25) is 14.2 Å². The zero-order valence-corrected chi connectivity index (χ0v) is 17.8.